The van der Waals surface area contributed by atoms with Crippen LogP contribution in [0.2, 0.25) is 0 Å². The minimum atomic E-state index is -5.00. The topological polar surface area (TPSA) is 50.8 Å². The molecule has 0 unspecified atom stereocenters. The molecule has 3 rings (SSSR count). The molecule has 1 fully saturated rings. The van der Waals surface area contributed by atoms with Gasteiger partial charge in [-0.1, -0.05) is 0 Å². The van der Waals surface area contributed by atoms with Gasteiger partial charge in [-0.25, -0.2) is 0 Å². The van der Waals surface area contributed by atoms with Crippen molar-refractivity contribution in [2.45, 2.75) is 12.4 Å². The maximum absolute atomic E-state index is 12.9. The highest BCUT2D eigenvalue weighted by Crippen LogP contribution is 2.38. The van der Waals surface area contributed by atoms with Crippen LogP contribution >= 0.6 is 0 Å². The Hall–Kier alpha value is -2.95. The summed E-state index contributed by atoms with van der Waals surface area (Å²) in [5, 5.41) is 2.48. The molecule has 1 N–H and O–H groups in total. The number of morpholine rings is 1. The average Bonchev–Trinajstić information content (AvgIpc) is 2.72. The summed E-state index contributed by atoms with van der Waals surface area (Å²) in [4.78, 5) is 14.1. The largest absolute Gasteiger partial charge is 0.484 e. The molecule has 1 amide bonds. The molecule has 2 aromatic carbocycles. The van der Waals surface area contributed by atoms with Crippen LogP contribution in [0.25, 0.3) is 0 Å². The molecule has 0 aliphatic carbocycles. The van der Waals surface area contributed by atoms with E-state index in [0.717, 1.165) is 18.8 Å². The molecule has 5 nitrogen and oxygen atoms in total. The average molecular weight is 448 g/mol. The molecule has 11 heteroatoms. The fourth-order valence-corrected chi connectivity index (χ4v) is 2.93. The lowest BCUT2D eigenvalue weighted by atomic mass is 10.1. The number of benzene rings is 2. The Morgan fingerprint density at radius 3 is 2.00 bits per heavy atom. The minimum Gasteiger partial charge on any atom is -0.484 e. The van der Waals surface area contributed by atoms with Crippen LogP contribution in [0.5, 0.6) is 5.75 Å². The number of carbonyl (C=O) groups excluding carboxylic acids is 1. The second-order valence-electron chi connectivity index (χ2n) is 6.72. The normalized spacial score (nSPS) is 15.0. The Balaban J connectivity index is 1.62. The van der Waals surface area contributed by atoms with E-state index in [4.69, 9.17) is 9.47 Å². The zero-order valence-corrected chi connectivity index (χ0v) is 16.0. The van der Waals surface area contributed by atoms with Crippen LogP contribution in [0.3, 0.4) is 0 Å². The lowest BCUT2D eigenvalue weighted by molar-refractivity contribution is -0.143. The minimum absolute atomic E-state index is 0.0110. The number of anilines is 2. The number of hydrogen-bond acceptors (Lipinski definition) is 4. The molecule has 0 saturated carbocycles. The van der Waals surface area contributed by atoms with Crippen molar-refractivity contribution < 1.29 is 40.6 Å². The number of hydrogen-bond donors (Lipinski definition) is 1. The van der Waals surface area contributed by atoms with Crippen LogP contribution < -0.4 is 15.0 Å². The monoisotopic (exact) mass is 448 g/mol. The molecule has 0 atom stereocenters. The molecule has 1 heterocycles. The van der Waals surface area contributed by atoms with E-state index in [-0.39, 0.29) is 6.07 Å². The summed E-state index contributed by atoms with van der Waals surface area (Å²) < 4.78 is 87.4. The molecule has 31 heavy (non-hydrogen) atoms. The number of nitrogens with zero attached hydrogens (tertiary/aromatic N) is 1. The van der Waals surface area contributed by atoms with E-state index in [2.05, 4.69) is 10.2 Å². The quantitative estimate of drug-likeness (QED) is 0.681. The molecule has 2 aromatic rings. The fraction of sp³-hybridized carbons (Fsp3) is 0.350. The van der Waals surface area contributed by atoms with Crippen LogP contribution in [0.15, 0.2) is 42.5 Å². The summed E-state index contributed by atoms with van der Waals surface area (Å²) in [7, 11) is 0. The third-order valence-corrected chi connectivity index (χ3v) is 4.46. The first kappa shape index (κ1) is 22.7. The van der Waals surface area contributed by atoms with Gasteiger partial charge in [0.1, 0.15) is 5.75 Å². The maximum atomic E-state index is 12.9. The number of nitrogens with one attached hydrogen (secondary N) is 1. The van der Waals surface area contributed by atoms with Crippen molar-refractivity contribution >= 4 is 17.3 Å². The Kier molecular flexibility index (Phi) is 6.63. The molecule has 0 spiro atoms. The van der Waals surface area contributed by atoms with Gasteiger partial charge in [-0.05, 0) is 42.5 Å². The second kappa shape index (κ2) is 9.04. The highest BCUT2D eigenvalue weighted by molar-refractivity contribution is 5.92. The van der Waals surface area contributed by atoms with Crippen molar-refractivity contribution in [3.63, 3.8) is 0 Å². The van der Waals surface area contributed by atoms with Gasteiger partial charge in [-0.2, -0.15) is 26.3 Å². The number of halogens is 6. The SMILES string of the molecule is O=C(COc1cc(C(F)(F)F)cc(C(F)(F)F)c1)Nc1ccc(N2CCOCC2)cc1. The lowest BCUT2D eigenvalue weighted by Gasteiger charge is -2.28. The summed E-state index contributed by atoms with van der Waals surface area (Å²) >= 11 is 0. The van der Waals surface area contributed by atoms with Crippen molar-refractivity contribution in [2.75, 3.05) is 43.1 Å². The Morgan fingerprint density at radius 2 is 1.48 bits per heavy atom. The van der Waals surface area contributed by atoms with Crippen LogP contribution in [0.1, 0.15) is 11.1 Å². The summed E-state index contributed by atoms with van der Waals surface area (Å²) in [6.45, 7) is 1.93. The van der Waals surface area contributed by atoms with Crippen LogP contribution in [0.4, 0.5) is 37.7 Å². The first-order valence-corrected chi connectivity index (χ1v) is 9.17. The third kappa shape index (κ3) is 6.27. The van der Waals surface area contributed by atoms with Gasteiger partial charge >= 0.3 is 12.4 Å². The zero-order valence-electron chi connectivity index (χ0n) is 16.0. The summed E-state index contributed by atoms with van der Waals surface area (Å²) in [6.07, 6.45) is -9.99. The summed E-state index contributed by atoms with van der Waals surface area (Å²) in [5.74, 6) is -1.44. The van der Waals surface area contributed by atoms with Crippen molar-refractivity contribution in [2.24, 2.45) is 0 Å². The highest BCUT2D eigenvalue weighted by Gasteiger charge is 2.37. The molecular weight excluding hydrogens is 430 g/mol. The van der Waals surface area contributed by atoms with Gasteiger partial charge in [0.15, 0.2) is 6.61 Å². The van der Waals surface area contributed by atoms with E-state index in [9.17, 15) is 31.1 Å². The van der Waals surface area contributed by atoms with Gasteiger partial charge in [-0.15, -0.1) is 0 Å². The molecule has 1 aliphatic rings. The Bertz CT molecular complexity index is 874. The molecule has 1 saturated heterocycles. The number of ether oxygens (including phenoxy) is 2. The van der Waals surface area contributed by atoms with Crippen molar-refractivity contribution in [3.05, 3.63) is 53.6 Å². The number of carbonyl (C=O) groups is 1. The first-order valence-electron chi connectivity index (χ1n) is 9.17. The van der Waals surface area contributed by atoms with Crippen LogP contribution in [0, 0.1) is 0 Å². The lowest BCUT2D eigenvalue weighted by Crippen LogP contribution is -2.36. The van der Waals surface area contributed by atoms with Gasteiger partial charge < -0.3 is 19.7 Å². The smallest absolute Gasteiger partial charge is 0.416 e. The van der Waals surface area contributed by atoms with E-state index in [0.29, 0.717) is 31.0 Å². The van der Waals surface area contributed by atoms with Crippen LogP contribution in [-0.2, 0) is 21.9 Å². The predicted molar refractivity (Wildman–Crippen MR) is 100 cm³/mol. The van der Waals surface area contributed by atoms with E-state index in [1.807, 2.05) is 0 Å². The predicted octanol–water partition coefficient (Wildman–Crippen LogP) is 4.58. The van der Waals surface area contributed by atoms with Crippen LogP contribution in [-0.4, -0.2) is 38.8 Å². The standard InChI is InChI=1S/C20H18F6N2O3/c21-19(22,23)13-9-14(20(24,25)26)11-17(10-13)31-12-18(29)27-15-1-3-16(4-2-15)28-5-7-30-8-6-28/h1-4,9-11H,5-8,12H2,(H,27,29). The number of amides is 1. The Morgan fingerprint density at radius 1 is 0.935 bits per heavy atom. The van der Waals surface area contributed by atoms with E-state index >= 15 is 0 Å². The zero-order chi connectivity index (χ0) is 22.6. The van der Waals surface area contributed by atoms with Gasteiger partial charge in [0.2, 0.25) is 0 Å². The van der Waals surface area contributed by atoms with E-state index < -0.39 is 41.7 Å². The van der Waals surface area contributed by atoms with E-state index in [1.165, 1.54) is 0 Å². The highest BCUT2D eigenvalue weighted by atomic mass is 19.4. The molecule has 0 bridgehead atoms. The molecular formula is C20H18F6N2O3. The Labute approximate surface area is 173 Å². The molecule has 0 radical (unpaired) electrons. The van der Waals surface area contributed by atoms with Crippen molar-refractivity contribution in [3.8, 4) is 5.75 Å². The second-order valence-corrected chi connectivity index (χ2v) is 6.72. The summed E-state index contributed by atoms with van der Waals surface area (Å²) in [6, 6.07) is 7.65. The van der Waals surface area contributed by atoms with Crippen molar-refractivity contribution in [1.29, 1.82) is 0 Å². The number of alkyl halides is 6. The van der Waals surface area contributed by atoms with Crippen molar-refractivity contribution in [1.82, 2.24) is 0 Å². The molecule has 1 aliphatic heterocycles. The molecule has 168 valence electrons. The third-order valence-electron chi connectivity index (χ3n) is 4.46. The van der Waals surface area contributed by atoms with Gasteiger partial charge in [0.05, 0.1) is 24.3 Å². The van der Waals surface area contributed by atoms with Gasteiger partial charge in [-0.3, -0.25) is 4.79 Å². The first-order chi connectivity index (χ1) is 14.5. The molecule has 0 aromatic heterocycles. The number of rotatable bonds is 5. The summed E-state index contributed by atoms with van der Waals surface area (Å²) in [5.41, 5.74) is -1.69. The van der Waals surface area contributed by atoms with Gasteiger partial charge in [0.25, 0.3) is 5.91 Å². The fourth-order valence-electron chi connectivity index (χ4n) is 2.93. The van der Waals surface area contributed by atoms with E-state index in [1.54, 1.807) is 24.3 Å². The maximum Gasteiger partial charge on any atom is 0.416 e. The van der Waals surface area contributed by atoms with Gasteiger partial charge in [0, 0.05) is 24.5 Å².